The van der Waals surface area contributed by atoms with E-state index in [0.717, 1.165) is 0 Å². The van der Waals surface area contributed by atoms with Crippen LogP contribution in [0, 0.1) is 0 Å². The summed E-state index contributed by atoms with van der Waals surface area (Å²) in [6, 6.07) is 0. The van der Waals surface area contributed by atoms with Gasteiger partial charge < -0.3 is 4.74 Å². The van der Waals surface area contributed by atoms with Gasteiger partial charge in [-0.2, -0.15) is 24.9 Å². The average molecular weight is 174 g/mol. The summed E-state index contributed by atoms with van der Waals surface area (Å²) >= 11 is 1.46. The Hall–Kier alpha value is 0.100. The SMILES string of the molecule is CSCCOCC(F)(F)F. The Morgan fingerprint density at radius 3 is 2.40 bits per heavy atom. The zero-order valence-electron chi connectivity index (χ0n) is 5.57. The monoisotopic (exact) mass is 174 g/mol. The van der Waals surface area contributed by atoms with E-state index >= 15 is 0 Å². The van der Waals surface area contributed by atoms with Crippen LogP contribution in [0.2, 0.25) is 0 Å². The van der Waals surface area contributed by atoms with Gasteiger partial charge in [0.1, 0.15) is 6.61 Å². The summed E-state index contributed by atoms with van der Waals surface area (Å²) in [5, 5.41) is 0. The Bertz CT molecular complexity index is 83.5. The molecular formula is C5H9F3OS. The fourth-order valence-corrected chi connectivity index (χ4v) is 0.615. The van der Waals surface area contributed by atoms with Crippen LogP contribution >= 0.6 is 11.8 Å². The second kappa shape index (κ2) is 4.85. The number of hydrogen-bond acceptors (Lipinski definition) is 2. The summed E-state index contributed by atoms with van der Waals surface area (Å²) in [7, 11) is 0. The quantitative estimate of drug-likeness (QED) is 0.602. The van der Waals surface area contributed by atoms with Gasteiger partial charge in [0.25, 0.3) is 0 Å². The van der Waals surface area contributed by atoms with E-state index < -0.39 is 12.8 Å². The normalized spacial score (nSPS) is 12.0. The molecule has 0 atom stereocenters. The Morgan fingerprint density at radius 2 is 2.00 bits per heavy atom. The molecule has 0 bridgehead atoms. The van der Waals surface area contributed by atoms with Gasteiger partial charge in [-0.05, 0) is 6.26 Å². The summed E-state index contributed by atoms with van der Waals surface area (Å²) < 4.78 is 38.3. The number of ether oxygens (including phenoxy) is 1. The first kappa shape index (κ1) is 10.1. The Labute approximate surface area is 61.9 Å². The van der Waals surface area contributed by atoms with Gasteiger partial charge in [-0.15, -0.1) is 0 Å². The van der Waals surface area contributed by atoms with E-state index in [-0.39, 0.29) is 6.61 Å². The Kier molecular flexibility index (Phi) is 4.89. The van der Waals surface area contributed by atoms with Crippen LogP contribution in [-0.2, 0) is 4.74 Å². The van der Waals surface area contributed by atoms with E-state index in [1.165, 1.54) is 11.8 Å². The van der Waals surface area contributed by atoms with Crippen molar-refractivity contribution in [1.29, 1.82) is 0 Å². The van der Waals surface area contributed by atoms with Crippen LogP contribution in [0.5, 0.6) is 0 Å². The summed E-state index contributed by atoms with van der Waals surface area (Å²) in [5.41, 5.74) is 0. The second-order valence-corrected chi connectivity index (χ2v) is 2.65. The highest BCUT2D eigenvalue weighted by Gasteiger charge is 2.26. The first-order valence-corrected chi connectivity index (χ1v) is 4.09. The van der Waals surface area contributed by atoms with Gasteiger partial charge in [-0.1, -0.05) is 0 Å². The van der Waals surface area contributed by atoms with Gasteiger partial charge in [-0.25, -0.2) is 0 Å². The first-order chi connectivity index (χ1) is 4.56. The molecule has 0 heterocycles. The van der Waals surface area contributed by atoms with E-state index in [4.69, 9.17) is 0 Å². The zero-order chi connectivity index (χ0) is 8.04. The van der Waals surface area contributed by atoms with Gasteiger partial charge in [0, 0.05) is 5.75 Å². The van der Waals surface area contributed by atoms with Crippen LogP contribution in [0.15, 0.2) is 0 Å². The molecule has 0 spiro atoms. The molecule has 1 nitrogen and oxygen atoms in total. The third-order valence-corrected chi connectivity index (χ3v) is 1.27. The van der Waals surface area contributed by atoms with Crippen molar-refractivity contribution in [2.75, 3.05) is 25.2 Å². The Morgan fingerprint density at radius 1 is 1.40 bits per heavy atom. The van der Waals surface area contributed by atoms with Crippen molar-refractivity contribution in [3.8, 4) is 0 Å². The van der Waals surface area contributed by atoms with Crippen molar-refractivity contribution >= 4 is 11.8 Å². The molecule has 0 aromatic rings. The number of rotatable bonds is 4. The van der Waals surface area contributed by atoms with Crippen molar-refractivity contribution in [2.45, 2.75) is 6.18 Å². The molecule has 0 saturated carbocycles. The number of alkyl halides is 3. The molecule has 0 N–H and O–H groups in total. The first-order valence-electron chi connectivity index (χ1n) is 2.69. The van der Waals surface area contributed by atoms with Gasteiger partial charge in [0.15, 0.2) is 0 Å². The van der Waals surface area contributed by atoms with Crippen molar-refractivity contribution < 1.29 is 17.9 Å². The van der Waals surface area contributed by atoms with E-state index in [2.05, 4.69) is 4.74 Å². The minimum Gasteiger partial charge on any atom is -0.371 e. The minimum absolute atomic E-state index is 0.167. The maximum Gasteiger partial charge on any atom is 0.411 e. The lowest BCUT2D eigenvalue weighted by molar-refractivity contribution is -0.172. The Balaban J connectivity index is 3.04. The molecule has 0 aromatic carbocycles. The maximum absolute atomic E-state index is 11.4. The average Bonchev–Trinajstić information content (AvgIpc) is 1.78. The summed E-state index contributed by atoms with van der Waals surface area (Å²) in [6.07, 6.45) is -2.37. The predicted molar refractivity (Wildman–Crippen MR) is 35.3 cm³/mol. The highest BCUT2D eigenvalue weighted by atomic mass is 32.2. The molecule has 0 aliphatic heterocycles. The lowest BCUT2D eigenvalue weighted by Gasteiger charge is -2.05. The summed E-state index contributed by atoms with van der Waals surface area (Å²) in [5.74, 6) is 0.607. The van der Waals surface area contributed by atoms with Gasteiger partial charge in [-0.3, -0.25) is 0 Å². The highest BCUT2D eigenvalue weighted by Crippen LogP contribution is 2.14. The molecule has 0 amide bonds. The van der Waals surface area contributed by atoms with E-state index in [1.807, 2.05) is 6.26 Å². The minimum atomic E-state index is -4.18. The number of hydrogen-bond donors (Lipinski definition) is 0. The number of thioether (sulfide) groups is 1. The van der Waals surface area contributed by atoms with E-state index in [0.29, 0.717) is 5.75 Å². The van der Waals surface area contributed by atoms with Gasteiger partial charge in [0.05, 0.1) is 6.61 Å². The van der Waals surface area contributed by atoms with Crippen LogP contribution in [-0.4, -0.2) is 31.4 Å². The zero-order valence-corrected chi connectivity index (χ0v) is 6.39. The molecule has 0 rings (SSSR count). The third kappa shape index (κ3) is 8.10. The molecule has 0 aromatic heterocycles. The molecule has 5 heteroatoms. The van der Waals surface area contributed by atoms with Gasteiger partial charge >= 0.3 is 6.18 Å². The van der Waals surface area contributed by atoms with Gasteiger partial charge in [0.2, 0.25) is 0 Å². The molecule has 0 saturated heterocycles. The molecule has 62 valence electrons. The van der Waals surface area contributed by atoms with Crippen LogP contribution < -0.4 is 0 Å². The largest absolute Gasteiger partial charge is 0.411 e. The highest BCUT2D eigenvalue weighted by molar-refractivity contribution is 7.98. The van der Waals surface area contributed by atoms with Crippen LogP contribution in [0.1, 0.15) is 0 Å². The lowest BCUT2D eigenvalue weighted by atomic mass is 10.7. The third-order valence-electron chi connectivity index (χ3n) is 0.698. The van der Waals surface area contributed by atoms with Crippen molar-refractivity contribution in [3.05, 3.63) is 0 Å². The van der Waals surface area contributed by atoms with Crippen molar-refractivity contribution in [2.24, 2.45) is 0 Å². The second-order valence-electron chi connectivity index (χ2n) is 1.66. The fourth-order valence-electron chi connectivity index (χ4n) is 0.330. The van der Waals surface area contributed by atoms with Crippen LogP contribution in [0.25, 0.3) is 0 Å². The predicted octanol–water partition coefficient (Wildman–Crippen LogP) is 1.93. The van der Waals surface area contributed by atoms with Crippen LogP contribution in [0.3, 0.4) is 0 Å². The maximum atomic E-state index is 11.4. The molecule has 10 heavy (non-hydrogen) atoms. The molecule has 0 aliphatic rings. The van der Waals surface area contributed by atoms with Crippen molar-refractivity contribution in [1.82, 2.24) is 0 Å². The number of halogens is 3. The van der Waals surface area contributed by atoms with Crippen molar-refractivity contribution in [3.63, 3.8) is 0 Å². The fraction of sp³-hybridized carbons (Fsp3) is 1.00. The molecule has 0 aliphatic carbocycles. The molecule has 0 fully saturated rings. The molecule has 0 radical (unpaired) electrons. The van der Waals surface area contributed by atoms with E-state index in [1.54, 1.807) is 0 Å². The molecular weight excluding hydrogens is 165 g/mol. The lowest BCUT2D eigenvalue weighted by Crippen LogP contribution is -2.17. The van der Waals surface area contributed by atoms with E-state index in [9.17, 15) is 13.2 Å². The standard InChI is InChI=1S/C5H9F3OS/c1-10-3-2-9-4-5(6,7)8/h2-4H2,1H3. The topological polar surface area (TPSA) is 9.23 Å². The summed E-state index contributed by atoms with van der Waals surface area (Å²) in [4.78, 5) is 0. The van der Waals surface area contributed by atoms with Crippen LogP contribution in [0.4, 0.5) is 13.2 Å². The summed E-state index contributed by atoms with van der Waals surface area (Å²) in [6.45, 7) is -0.964. The smallest absolute Gasteiger partial charge is 0.371 e. The molecule has 0 unspecified atom stereocenters.